The highest BCUT2D eigenvalue weighted by Gasteiger charge is 2.29. The van der Waals surface area contributed by atoms with Crippen LogP contribution in [0.15, 0.2) is 0 Å². The minimum atomic E-state index is -3.36. The molecule has 2 N–H and O–H groups in total. The topological polar surface area (TPSA) is 87.0 Å². The van der Waals surface area contributed by atoms with E-state index < -0.39 is 10.2 Å². The summed E-state index contributed by atoms with van der Waals surface area (Å²) < 4.78 is 26.1. The maximum absolute atomic E-state index is 11.8. The fraction of sp³-hybridized carbons (Fsp3) is 0.875. The number of hydrogen-bond donors (Lipinski definition) is 1. The number of carbonyl (C=O) groups is 1. The van der Waals surface area contributed by atoms with Crippen LogP contribution in [-0.2, 0) is 15.0 Å². The van der Waals surface area contributed by atoms with E-state index in [4.69, 9.17) is 5.73 Å². The van der Waals surface area contributed by atoms with E-state index in [9.17, 15) is 13.2 Å². The first kappa shape index (κ1) is 13.4. The van der Waals surface area contributed by atoms with Crippen molar-refractivity contribution in [2.75, 3.05) is 46.8 Å². The van der Waals surface area contributed by atoms with Crippen molar-refractivity contribution in [2.24, 2.45) is 5.73 Å². The van der Waals surface area contributed by atoms with Crippen molar-refractivity contribution in [3.05, 3.63) is 0 Å². The molecule has 0 bridgehead atoms. The minimum absolute atomic E-state index is 0.0274. The molecule has 0 unspecified atom stereocenters. The lowest BCUT2D eigenvalue weighted by Crippen LogP contribution is -2.54. The zero-order chi connectivity index (χ0) is 12.3. The van der Waals surface area contributed by atoms with Gasteiger partial charge in [-0.3, -0.25) is 4.79 Å². The third kappa shape index (κ3) is 2.70. The highest BCUT2D eigenvalue weighted by atomic mass is 32.2. The molecular weight excluding hydrogens is 232 g/mol. The molecule has 0 saturated carbocycles. The average molecular weight is 250 g/mol. The normalized spacial score (nSPS) is 19.1. The molecule has 0 aromatic rings. The molecule has 1 rings (SSSR count). The summed E-state index contributed by atoms with van der Waals surface area (Å²) >= 11 is 0. The predicted molar refractivity (Wildman–Crippen MR) is 59.8 cm³/mol. The van der Waals surface area contributed by atoms with Crippen LogP contribution in [0.3, 0.4) is 0 Å². The van der Waals surface area contributed by atoms with Gasteiger partial charge in [0.15, 0.2) is 0 Å². The summed E-state index contributed by atoms with van der Waals surface area (Å²) in [6.45, 7) is 1.44. The number of nitrogens with two attached hydrogens (primary N) is 1. The molecule has 1 saturated heterocycles. The summed E-state index contributed by atoms with van der Waals surface area (Å²) in [4.78, 5) is 12.9. The third-order valence-corrected chi connectivity index (χ3v) is 4.49. The lowest BCUT2D eigenvalue weighted by Gasteiger charge is -2.34. The summed E-state index contributed by atoms with van der Waals surface area (Å²) in [5.41, 5.74) is 5.24. The number of carbonyl (C=O) groups excluding carboxylic acids is 1. The summed E-state index contributed by atoms with van der Waals surface area (Å²) in [5.74, 6) is -0.137. The van der Waals surface area contributed by atoms with E-state index in [1.807, 2.05) is 0 Å². The Hall–Kier alpha value is -0.700. The number of piperazine rings is 1. The van der Waals surface area contributed by atoms with Crippen molar-refractivity contribution >= 4 is 16.1 Å². The molecule has 1 amide bonds. The van der Waals surface area contributed by atoms with Crippen molar-refractivity contribution in [1.82, 2.24) is 13.5 Å². The van der Waals surface area contributed by atoms with Crippen LogP contribution < -0.4 is 5.73 Å². The van der Waals surface area contributed by atoms with Gasteiger partial charge in [-0.1, -0.05) is 0 Å². The Morgan fingerprint density at radius 2 is 1.75 bits per heavy atom. The smallest absolute Gasteiger partial charge is 0.281 e. The Morgan fingerprint density at radius 3 is 2.12 bits per heavy atom. The largest absolute Gasteiger partial charge is 0.339 e. The van der Waals surface area contributed by atoms with Crippen LogP contribution in [0.5, 0.6) is 0 Å². The molecule has 94 valence electrons. The molecule has 0 spiro atoms. The second-order valence-electron chi connectivity index (χ2n) is 3.77. The molecular formula is C8H18N4O3S. The van der Waals surface area contributed by atoms with E-state index in [1.165, 1.54) is 22.7 Å². The lowest BCUT2D eigenvalue weighted by molar-refractivity contribution is -0.130. The van der Waals surface area contributed by atoms with E-state index in [2.05, 4.69) is 0 Å². The molecule has 8 heteroatoms. The van der Waals surface area contributed by atoms with Crippen LogP contribution in [0.4, 0.5) is 0 Å². The number of nitrogens with zero attached hydrogens (tertiary/aromatic N) is 3. The van der Waals surface area contributed by atoms with Crippen molar-refractivity contribution in [3.8, 4) is 0 Å². The standard InChI is InChI=1S/C8H18N4O3S/c1-10(2)16(14,15)12-5-3-11(4-6-12)8(13)7-9/h3-7,9H2,1-2H3. The fourth-order valence-electron chi connectivity index (χ4n) is 1.53. The van der Waals surface area contributed by atoms with Crippen LogP contribution in [0, 0.1) is 0 Å². The highest BCUT2D eigenvalue weighted by Crippen LogP contribution is 2.09. The summed E-state index contributed by atoms with van der Waals surface area (Å²) in [7, 11) is -0.373. The number of rotatable bonds is 3. The first-order valence-electron chi connectivity index (χ1n) is 5.05. The maximum Gasteiger partial charge on any atom is 0.281 e. The second-order valence-corrected chi connectivity index (χ2v) is 5.92. The third-order valence-electron chi connectivity index (χ3n) is 2.55. The Balaban J connectivity index is 2.59. The summed E-state index contributed by atoms with van der Waals surface area (Å²) in [6, 6.07) is 0. The molecule has 0 aliphatic carbocycles. The van der Waals surface area contributed by atoms with Gasteiger partial charge in [-0.05, 0) is 0 Å². The second kappa shape index (κ2) is 5.09. The van der Waals surface area contributed by atoms with Crippen molar-refractivity contribution in [3.63, 3.8) is 0 Å². The molecule has 1 aliphatic rings. The first-order chi connectivity index (χ1) is 7.39. The van der Waals surface area contributed by atoms with Gasteiger partial charge in [0.2, 0.25) is 5.91 Å². The zero-order valence-electron chi connectivity index (χ0n) is 9.59. The number of hydrogen-bond acceptors (Lipinski definition) is 4. The molecule has 1 fully saturated rings. The van der Waals surface area contributed by atoms with Gasteiger partial charge in [0, 0.05) is 40.3 Å². The highest BCUT2D eigenvalue weighted by molar-refractivity contribution is 7.86. The van der Waals surface area contributed by atoms with E-state index in [1.54, 1.807) is 4.90 Å². The predicted octanol–water partition coefficient (Wildman–Crippen LogP) is -2.10. The van der Waals surface area contributed by atoms with E-state index in [-0.39, 0.29) is 12.5 Å². The molecule has 0 aromatic carbocycles. The molecule has 7 nitrogen and oxygen atoms in total. The fourth-order valence-corrected chi connectivity index (χ4v) is 2.61. The SMILES string of the molecule is CN(C)S(=O)(=O)N1CCN(C(=O)CN)CC1. The van der Waals surface area contributed by atoms with Crippen LogP contribution >= 0.6 is 0 Å². The Labute approximate surface area is 96.0 Å². The van der Waals surface area contributed by atoms with E-state index >= 15 is 0 Å². The molecule has 0 radical (unpaired) electrons. The number of amides is 1. The van der Waals surface area contributed by atoms with Gasteiger partial charge in [-0.25, -0.2) is 0 Å². The van der Waals surface area contributed by atoms with E-state index in [0.717, 1.165) is 0 Å². The Kier molecular flexibility index (Phi) is 4.25. The van der Waals surface area contributed by atoms with Gasteiger partial charge in [0.1, 0.15) is 0 Å². The van der Waals surface area contributed by atoms with Crippen LogP contribution in [0.2, 0.25) is 0 Å². The van der Waals surface area contributed by atoms with E-state index in [0.29, 0.717) is 26.2 Å². The summed E-state index contributed by atoms with van der Waals surface area (Å²) in [6.07, 6.45) is 0. The quantitative estimate of drug-likeness (QED) is 0.621. The van der Waals surface area contributed by atoms with Gasteiger partial charge >= 0.3 is 0 Å². The van der Waals surface area contributed by atoms with Crippen molar-refractivity contribution < 1.29 is 13.2 Å². The maximum atomic E-state index is 11.8. The van der Waals surface area contributed by atoms with Gasteiger partial charge in [-0.15, -0.1) is 0 Å². The van der Waals surface area contributed by atoms with Gasteiger partial charge in [-0.2, -0.15) is 17.0 Å². The molecule has 0 atom stereocenters. The Morgan fingerprint density at radius 1 is 1.25 bits per heavy atom. The van der Waals surface area contributed by atoms with Crippen LogP contribution in [0.25, 0.3) is 0 Å². The summed E-state index contributed by atoms with van der Waals surface area (Å²) in [5, 5.41) is 0. The molecule has 1 heterocycles. The molecule has 16 heavy (non-hydrogen) atoms. The Bertz CT molecular complexity index is 346. The van der Waals surface area contributed by atoms with Crippen molar-refractivity contribution in [1.29, 1.82) is 0 Å². The average Bonchev–Trinajstić information content (AvgIpc) is 2.28. The van der Waals surface area contributed by atoms with Crippen molar-refractivity contribution in [2.45, 2.75) is 0 Å². The molecule has 0 aromatic heterocycles. The van der Waals surface area contributed by atoms with Crippen LogP contribution in [0.1, 0.15) is 0 Å². The van der Waals surface area contributed by atoms with Gasteiger partial charge in [0.25, 0.3) is 10.2 Å². The monoisotopic (exact) mass is 250 g/mol. The first-order valence-corrected chi connectivity index (χ1v) is 6.44. The molecule has 1 aliphatic heterocycles. The zero-order valence-corrected chi connectivity index (χ0v) is 10.4. The van der Waals surface area contributed by atoms with Crippen LogP contribution in [-0.4, -0.2) is 74.7 Å². The lowest BCUT2D eigenvalue weighted by atomic mass is 10.3. The van der Waals surface area contributed by atoms with Gasteiger partial charge in [0.05, 0.1) is 6.54 Å². The van der Waals surface area contributed by atoms with Gasteiger partial charge < -0.3 is 10.6 Å². The minimum Gasteiger partial charge on any atom is -0.339 e.